The first kappa shape index (κ1) is 19.8. The molecular formula is C26H19N3O2S. The molecule has 0 saturated carbocycles. The van der Waals surface area contributed by atoms with Gasteiger partial charge < -0.3 is 10.1 Å². The third-order valence-corrected chi connectivity index (χ3v) is 5.74. The highest BCUT2D eigenvalue weighted by atomic mass is 32.1. The Hall–Kier alpha value is -4.16. The Labute approximate surface area is 189 Å². The van der Waals surface area contributed by atoms with Gasteiger partial charge in [0.2, 0.25) is 0 Å². The van der Waals surface area contributed by atoms with Crippen molar-refractivity contribution < 1.29 is 9.53 Å². The molecule has 3 aromatic carbocycles. The second kappa shape index (κ2) is 8.91. The number of hydrogen-bond acceptors (Lipinski definition) is 4. The number of carbonyl (C=O) groups is 1. The molecule has 0 atom stereocenters. The van der Waals surface area contributed by atoms with Crippen LogP contribution in [0, 0.1) is 0 Å². The van der Waals surface area contributed by atoms with Crippen molar-refractivity contribution in [2.75, 3.05) is 5.32 Å². The van der Waals surface area contributed by atoms with Crippen molar-refractivity contribution in [3.63, 3.8) is 0 Å². The lowest BCUT2D eigenvalue weighted by Crippen LogP contribution is -2.11. The maximum Gasteiger partial charge on any atom is 0.255 e. The van der Waals surface area contributed by atoms with Crippen LogP contribution >= 0.6 is 11.3 Å². The number of carbonyl (C=O) groups excluding carboxylic acids is 1. The Balaban J connectivity index is 1.23. The van der Waals surface area contributed by atoms with E-state index >= 15 is 0 Å². The van der Waals surface area contributed by atoms with E-state index in [-0.39, 0.29) is 5.91 Å². The van der Waals surface area contributed by atoms with Gasteiger partial charge in [0.25, 0.3) is 5.91 Å². The number of anilines is 1. The van der Waals surface area contributed by atoms with Crippen LogP contribution in [0.1, 0.15) is 10.4 Å². The third kappa shape index (κ3) is 4.45. The number of aromatic nitrogens is 2. The van der Waals surface area contributed by atoms with Crippen molar-refractivity contribution in [2.24, 2.45) is 0 Å². The van der Waals surface area contributed by atoms with Crippen LogP contribution in [-0.4, -0.2) is 15.7 Å². The Kier molecular flexibility index (Phi) is 5.51. The highest BCUT2D eigenvalue weighted by molar-refractivity contribution is 7.13. The molecule has 0 unspecified atom stereocenters. The van der Waals surface area contributed by atoms with Gasteiger partial charge in [-0.05, 0) is 78.2 Å². The van der Waals surface area contributed by atoms with Crippen LogP contribution in [0.4, 0.5) is 5.69 Å². The van der Waals surface area contributed by atoms with E-state index in [1.807, 2.05) is 101 Å². The van der Waals surface area contributed by atoms with Gasteiger partial charge in [0.05, 0.1) is 10.6 Å². The van der Waals surface area contributed by atoms with E-state index in [1.54, 1.807) is 23.5 Å². The van der Waals surface area contributed by atoms with Gasteiger partial charge in [-0.25, -0.2) is 4.68 Å². The van der Waals surface area contributed by atoms with Gasteiger partial charge in [-0.1, -0.05) is 24.3 Å². The van der Waals surface area contributed by atoms with Crippen molar-refractivity contribution in [2.45, 2.75) is 0 Å². The molecular weight excluding hydrogens is 418 g/mol. The van der Waals surface area contributed by atoms with Crippen LogP contribution in [0.25, 0.3) is 16.3 Å². The van der Waals surface area contributed by atoms with Crippen molar-refractivity contribution in [3.05, 3.63) is 114 Å². The minimum absolute atomic E-state index is 0.173. The number of hydrogen-bond donors (Lipinski definition) is 1. The quantitative estimate of drug-likeness (QED) is 0.324. The minimum atomic E-state index is -0.173. The van der Waals surface area contributed by atoms with Gasteiger partial charge in [0.1, 0.15) is 17.2 Å². The fourth-order valence-corrected chi connectivity index (χ4v) is 3.91. The molecule has 6 heteroatoms. The summed E-state index contributed by atoms with van der Waals surface area (Å²) in [5.41, 5.74) is 3.10. The van der Waals surface area contributed by atoms with Crippen LogP contribution in [0.15, 0.2) is 109 Å². The summed E-state index contributed by atoms with van der Waals surface area (Å²) in [5, 5.41) is 9.57. The van der Waals surface area contributed by atoms with Crippen molar-refractivity contribution >= 4 is 22.9 Å². The molecule has 5 aromatic rings. The predicted octanol–water partition coefficient (Wildman–Crippen LogP) is 6.65. The molecule has 156 valence electrons. The summed E-state index contributed by atoms with van der Waals surface area (Å²) in [7, 11) is 0. The van der Waals surface area contributed by atoms with Crippen LogP contribution in [0.2, 0.25) is 0 Å². The van der Waals surface area contributed by atoms with Crippen molar-refractivity contribution in [3.8, 4) is 27.8 Å². The van der Waals surface area contributed by atoms with E-state index in [0.717, 1.165) is 22.0 Å². The molecule has 0 saturated heterocycles. The fraction of sp³-hybridized carbons (Fsp3) is 0. The minimum Gasteiger partial charge on any atom is -0.457 e. The number of rotatable bonds is 6. The smallest absolute Gasteiger partial charge is 0.255 e. The van der Waals surface area contributed by atoms with E-state index in [9.17, 15) is 4.79 Å². The van der Waals surface area contributed by atoms with Gasteiger partial charge in [0.15, 0.2) is 0 Å². The number of amides is 1. The van der Waals surface area contributed by atoms with Crippen molar-refractivity contribution in [1.29, 1.82) is 0 Å². The summed E-state index contributed by atoms with van der Waals surface area (Å²) in [6.45, 7) is 0. The van der Waals surface area contributed by atoms with Crippen LogP contribution in [0.5, 0.6) is 11.5 Å². The summed E-state index contributed by atoms with van der Waals surface area (Å²) >= 11 is 1.66. The van der Waals surface area contributed by atoms with Gasteiger partial charge in [-0.15, -0.1) is 11.3 Å². The molecule has 0 fully saturated rings. The normalized spacial score (nSPS) is 10.6. The molecule has 1 amide bonds. The average Bonchev–Trinajstić information content (AvgIpc) is 3.53. The Morgan fingerprint density at radius 1 is 0.812 bits per heavy atom. The number of ether oxygens (including phenoxy) is 1. The molecule has 0 aliphatic heterocycles. The second-order valence-corrected chi connectivity index (χ2v) is 8.01. The molecule has 1 N–H and O–H groups in total. The summed E-state index contributed by atoms with van der Waals surface area (Å²) in [5.74, 6) is 1.30. The molecule has 0 aliphatic rings. The van der Waals surface area contributed by atoms with Crippen LogP contribution in [-0.2, 0) is 0 Å². The van der Waals surface area contributed by atoms with Crippen molar-refractivity contribution in [1.82, 2.24) is 9.78 Å². The Morgan fingerprint density at radius 2 is 1.56 bits per heavy atom. The molecule has 0 aliphatic carbocycles. The molecule has 32 heavy (non-hydrogen) atoms. The lowest BCUT2D eigenvalue weighted by Gasteiger charge is -2.09. The second-order valence-electron chi connectivity index (χ2n) is 7.06. The number of nitrogens with zero attached hydrogens (tertiary/aromatic N) is 2. The van der Waals surface area contributed by atoms with Crippen LogP contribution in [0.3, 0.4) is 0 Å². The summed E-state index contributed by atoms with van der Waals surface area (Å²) in [6.07, 6.45) is 1.92. The molecule has 2 aromatic heterocycles. The SMILES string of the molecule is O=C(Nc1ccc(Oc2ccccc2)cc1)c1ccc(-n2ccc(-c3cccs3)n2)cc1. The summed E-state index contributed by atoms with van der Waals surface area (Å²) in [4.78, 5) is 13.8. The highest BCUT2D eigenvalue weighted by Crippen LogP contribution is 2.24. The largest absolute Gasteiger partial charge is 0.457 e. The number of thiophene rings is 1. The van der Waals surface area contributed by atoms with E-state index in [1.165, 1.54) is 0 Å². The third-order valence-electron chi connectivity index (χ3n) is 4.85. The van der Waals surface area contributed by atoms with E-state index in [2.05, 4.69) is 10.4 Å². The number of nitrogens with one attached hydrogen (secondary N) is 1. The van der Waals surface area contributed by atoms with Gasteiger partial charge in [-0.3, -0.25) is 4.79 Å². The van der Waals surface area contributed by atoms with E-state index in [4.69, 9.17) is 4.74 Å². The van der Waals surface area contributed by atoms with Gasteiger partial charge in [0, 0.05) is 17.4 Å². The van der Waals surface area contributed by atoms with E-state index in [0.29, 0.717) is 17.0 Å². The zero-order chi connectivity index (χ0) is 21.8. The first-order valence-corrected chi connectivity index (χ1v) is 11.0. The predicted molar refractivity (Wildman–Crippen MR) is 128 cm³/mol. The standard InChI is InChI=1S/C26H19N3O2S/c30-26(27-20-10-14-23(15-11-20)31-22-5-2-1-3-6-22)19-8-12-21(13-9-19)29-17-16-24(28-29)25-7-4-18-32-25/h1-18H,(H,27,30). The lowest BCUT2D eigenvalue weighted by molar-refractivity contribution is 0.102. The summed E-state index contributed by atoms with van der Waals surface area (Å²) in [6, 6.07) is 30.3. The maximum atomic E-state index is 12.6. The number of benzene rings is 3. The van der Waals surface area contributed by atoms with E-state index < -0.39 is 0 Å². The Bertz CT molecular complexity index is 1310. The Morgan fingerprint density at radius 3 is 2.28 bits per heavy atom. The molecule has 0 bridgehead atoms. The van der Waals surface area contributed by atoms with Gasteiger partial charge >= 0.3 is 0 Å². The molecule has 0 spiro atoms. The average molecular weight is 438 g/mol. The maximum absolute atomic E-state index is 12.6. The van der Waals surface area contributed by atoms with Gasteiger partial charge in [-0.2, -0.15) is 5.10 Å². The monoisotopic (exact) mass is 437 g/mol. The zero-order valence-electron chi connectivity index (χ0n) is 17.0. The first-order chi connectivity index (χ1) is 15.7. The molecule has 5 rings (SSSR count). The lowest BCUT2D eigenvalue weighted by atomic mass is 10.2. The molecule has 2 heterocycles. The molecule has 5 nitrogen and oxygen atoms in total. The highest BCUT2D eigenvalue weighted by Gasteiger charge is 2.09. The first-order valence-electron chi connectivity index (χ1n) is 10.1. The summed E-state index contributed by atoms with van der Waals surface area (Å²) < 4.78 is 7.59. The zero-order valence-corrected chi connectivity index (χ0v) is 17.8. The topological polar surface area (TPSA) is 56.1 Å². The molecule has 0 radical (unpaired) electrons. The van der Waals surface area contributed by atoms with Crippen LogP contribution < -0.4 is 10.1 Å². The number of para-hydroxylation sites is 1. The fourth-order valence-electron chi connectivity index (χ4n) is 3.22.